The molecule has 0 amide bonds. The van der Waals surface area contributed by atoms with Crippen LogP contribution in [0.25, 0.3) is 0 Å². The van der Waals surface area contributed by atoms with Gasteiger partial charge in [0.15, 0.2) is 5.03 Å². The Morgan fingerprint density at radius 3 is 2.82 bits per heavy atom. The zero-order chi connectivity index (χ0) is 12.6. The SMILES string of the molecule is CC1CCCN(S(=O)(=O)c2ccnn2C)C1N. The summed E-state index contributed by atoms with van der Waals surface area (Å²) in [5, 5.41) is 4.09. The number of nitrogens with zero attached hydrogens (tertiary/aromatic N) is 3. The zero-order valence-electron chi connectivity index (χ0n) is 10.1. The van der Waals surface area contributed by atoms with Gasteiger partial charge in [-0.1, -0.05) is 6.92 Å². The molecule has 1 aliphatic heterocycles. The van der Waals surface area contributed by atoms with E-state index in [1.54, 1.807) is 7.05 Å². The molecule has 2 rings (SSSR count). The normalized spacial score (nSPS) is 27.2. The third-order valence-electron chi connectivity index (χ3n) is 3.30. The first-order chi connectivity index (χ1) is 7.94. The van der Waals surface area contributed by atoms with Gasteiger partial charge in [-0.05, 0) is 24.8 Å². The van der Waals surface area contributed by atoms with Crippen LogP contribution in [0, 0.1) is 5.92 Å². The van der Waals surface area contributed by atoms with Gasteiger partial charge in [0, 0.05) is 13.6 Å². The van der Waals surface area contributed by atoms with E-state index in [-0.39, 0.29) is 10.9 Å². The molecule has 2 heterocycles. The van der Waals surface area contributed by atoms with Crippen LogP contribution in [-0.4, -0.2) is 35.2 Å². The highest BCUT2D eigenvalue weighted by molar-refractivity contribution is 7.89. The fourth-order valence-electron chi connectivity index (χ4n) is 2.19. The van der Waals surface area contributed by atoms with E-state index in [4.69, 9.17) is 5.73 Å². The summed E-state index contributed by atoms with van der Waals surface area (Å²) in [7, 11) is -1.91. The Bertz CT molecular complexity index is 496. The van der Waals surface area contributed by atoms with Crippen molar-refractivity contribution in [1.29, 1.82) is 0 Å². The quantitative estimate of drug-likeness (QED) is 0.817. The minimum atomic E-state index is -3.52. The van der Waals surface area contributed by atoms with E-state index in [0.717, 1.165) is 12.8 Å². The molecular formula is C10H18N4O2S. The van der Waals surface area contributed by atoms with Gasteiger partial charge >= 0.3 is 0 Å². The molecule has 1 aromatic rings. The van der Waals surface area contributed by atoms with Crippen molar-refractivity contribution in [3.05, 3.63) is 12.3 Å². The zero-order valence-corrected chi connectivity index (χ0v) is 10.9. The summed E-state index contributed by atoms with van der Waals surface area (Å²) in [4.78, 5) is 0. The third-order valence-corrected chi connectivity index (χ3v) is 5.27. The standard InChI is InChI=1S/C10H18N4O2S/c1-8-4-3-7-14(10(8)11)17(15,16)9-5-6-12-13(9)2/h5-6,8,10H,3-4,7,11H2,1-2H3. The Labute approximate surface area is 101 Å². The Morgan fingerprint density at radius 1 is 1.53 bits per heavy atom. The van der Waals surface area contributed by atoms with Gasteiger partial charge in [0.05, 0.1) is 12.4 Å². The maximum atomic E-state index is 12.4. The lowest BCUT2D eigenvalue weighted by molar-refractivity contribution is 0.191. The number of rotatable bonds is 2. The fraction of sp³-hybridized carbons (Fsp3) is 0.700. The number of hydrogen-bond acceptors (Lipinski definition) is 4. The van der Waals surface area contributed by atoms with Crippen molar-refractivity contribution in [3.8, 4) is 0 Å². The number of aromatic nitrogens is 2. The fourth-order valence-corrected chi connectivity index (χ4v) is 3.94. The van der Waals surface area contributed by atoms with Gasteiger partial charge in [-0.3, -0.25) is 4.68 Å². The summed E-state index contributed by atoms with van der Waals surface area (Å²) in [6.45, 7) is 2.47. The molecule has 0 aliphatic carbocycles. The topological polar surface area (TPSA) is 81.2 Å². The van der Waals surface area contributed by atoms with Crippen LogP contribution in [0.1, 0.15) is 19.8 Å². The van der Waals surface area contributed by atoms with Crippen molar-refractivity contribution in [3.63, 3.8) is 0 Å². The Hall–Kier alpha value is -0.920. The number of hydrogen-bond donors (Lipinski definition) is 1. The predicted octanol–water partition coefficient (Wildman–Crippen LogP) is 0.126. The highest BCUT2D eigenvalue weighted by Gasteiger charge is 2.36. The summed E-state index contributed by atoms with van der Waals surface area (Å²) in [6, 6.07) is 1.50. The predicted molar refractivity (Wildman–Crippen MR) is 63.5 cm³/mol. The third kappa shape index (κ3) is 2.10. The molecule has 17 heavy (non-hydrogen) atoms. The van der Waals surface area contributed by atoms with Crippen LogP contribution in [0.15, 0.2) is 17.3 Å². The number of aryl methyl sites for hydroxylation is 1. The lowest BCUT2D eigenvalue weighted by Crippen LogP contribution is -2.52. The molecular weight excluding hydrogens is 240 g/mol. The molecule has 2 N–H and O–H groups in total. The second-order valence-corrected chi connectivity index (χ2v) is 6.36. The molecule has 96 valence electrons. The minimum absolute atomic E-state index is 0.187. The number of piperidine rings is 1. The summed E-state index contributed by atoms with van der Waals surface area (Å²) in [5.74, 6) is 0.187. The summed E-state index contributed by atoms with van der Waals surface area (Å²) >= 11 is 0. The lowest BCUT2D eigenvalue weighted by atomic mass is 9.99. The van der Waals surface area contributed by atoms with Gasteiger partial charge < -0.3 is 5.73 Å². The summed E-state index contributed by atoms with van der Waals surface area (Å²) in [6.07, 6.45) is 2.86. The molecule has 0 aromatic carbocycles. The first-order valence-corrected chi connectivity index (χ1v) is 7.14. The van der Waals surface area contributed by atoms with E-state index in [9.17, 15) is 8.42 Å². The van der Waals surface area contributed by atoms with E-state index >= 15 is 0 Å². The van der Waals surface area contributed by atoms with Crippen molar-refractivity contribution < 1.29 is 8.42 Å². The first kappa shape index (κ1) is 12.5. The second kappa shape index (κ2) is 4.40. The molecule has 0 bridgehead atoms. The Balaban J connectivity index is 2.36. The highest BCUT2D eigenvalue weighted by atomic mass is 32.2. The minimum Gasteiger partial charge on any atom is -0.315 e. The maximum Gasteiger partial charge on any atom is 0.261 e. The highest BCUT2D eigenvalue weighted by Crippen LogP contribution is 2.25. The molecule has 0 radical (unpaired) electrons. The van der Waals surface area contributed by atoms with Gasteiger partial charge in [-0.2, -0.15) is 9.40 Å². The molecule has 1 saturated heterocycles. The second-order valence-electron chi connectivity index (χ2n) is 4.52. The van der Waals surface area contributed by atoms with Gasteiger partial charge in [-0.15, -0.1) is 0 Å². The molecule has 0 saturated carbocycles. The molecule has 1 fully saturated rings. The van der Waals surface area contributed by atoms with E-state index in [1.165, 1.54) is 21.3 Å². The first-order valence-electron chi connectivity index (χ1n) is 5.70. The smallest absolute Gasteiger partial charge is 0.261 e. The Morgan fingerprint density at radius 2 is 2.24 bits per heavy atom. The van der Waals surface area contributed by atoms with Crippen molar-refractivity contribution in [2.45, 2.75) is 31.0 Å². The van der Waals surface area contributed by atoms with Crippen molar-refractivity contribution >= 4 is 10.0 Å². The van der Waals surface area contributed by atoms with Gasteiger partial charge in [0.1, 0.15) is 0 Å². The molecule has 2 unspecified atom stereocenters. The van der Waals surface area contributed by atoms with E-state index in [1.807, 2.05) is 6.92 Å². The summed E-state index contributed by atoms with van der Waals surface area (Å²) in [5.41, 5.74) is 5.98. The monoisotopic (exact) mass is 258 g/mol. The molecule has 6 nitrogen and oxygen atoms in total. The van der Waals surface area contributed by atoms with Crippen LogP contribution < -0.4 is 5.73 Å². The van der Waals surface area contributed by atoms with Crippen LogP contribution in [0.4, 0.5) is 0 Å². The van der Waals surface area contributed by atoms with E-state index in [0.29, 0.717) is 6.54 Å². The average molecular weight is 258 g/mol. The molecule has 1 aromatic heterocycles. The van der Waals surface area contributed by atoms with Gasteiger partial charge in [-0.25, -0.2) is 8.42 Å². The van der Waals surface area contributed by atoms with Crippen LogP contribution in [0.3, 0.4) is 0 Å². The maximum absolute atomic E-state index is 12.4. The van der Waals surface area contributed by atoms with Crippen LogP contribution >= 0.6 is 0 Å². The van der Waals surface area contributed by atoms with Gasteiger partial charge in [0.25, 0.3) is 10.0 Å². The Kier molecular flexibility index (Phi) is 3.24. The molecule has 0 spiro atoms. The van der Waals surface area contributed by atoms with Crippen LogP contribution in [0.5, 0.6) is 0 Å². The molecule has 2 atom stereocenters. The van der Waals surface area contributed by atoms with Crippen molar-refractivity contribution in [2.75, 3.05) is 6.54 Å². The van der Waals surface area contributed by atoms with Crippen molar-refractivity contribution in [1.82, 2.24) is 14.1 Å². The average Bonchev–Trinajstić information content (AvgIpc) is 2.69. The largest absolute Gasteiger partial charge is 0.315 e. The number of nitrogens with two attached hydrogens (primary N) is 1. The van der Waals surface area contributed by atoms with E-state index < -0.39 is 16.2 Å². The summed E-state index contributed by atoms with van der Waals surface area (Å²) < 4.78 is 27.6. The van der Waals surface area contributed by atoms with Crippen LogP contribution in [-0.2, 0) is 17.1 Å². The van der Waals surface area contributed by atoms with Crippen LogP contribution in [0.2, 0.25) is 0 Å². The van der Waals surface area contributed by atoms with Gasteiger partial charge in [0.2, 0.25) is 0 Å². The number of sulfonamides is 1. The van der Waals surface area contributed by atoms with E-state index in [2.05, 4.69) is 5.10 Å². The lowest BCUT2D eigenvalue weighted by Gasteiger charge is -2.36. The molecule has 7 heteroatoms. The van der Waals surface area contributed by atoms with Crippen molar-refractivity contribution in [2.24, 2.45) is 18.7 Å². The molecule has 1 aliphatic rings.